The van der Waals surface area contributed by atoms with Crippen molar-refractivity contribution in [3.05, 3.63) is 0 Å². The number of hydrogen-bond donors (Lipinski definition) is 1. The lowest BCUT2D eigenvalue weighted by atomic mass is 10.2. The smallest absolute Gasteiger partial charge is 0.0593 e. The number of ether oxygens (including phenoxy) is 1. The van der Waals surface area contributed by atoms with Crippen LogP contribution in [0.15, 0.2) is 0 Å². The van der Waals surface area contributed by atoms with E-state index in [-0.39, 0.29) is 0 Å². The molecule has 0 spiro atoms. The number of thiol groups is 1. The van der Waals surface area contributed by atoms with Crippen molar-refractivity contribution in [3.8, 4) is 0 Å². The lowest BCUT2D eigenvalue weighted by Crippen LogP contribution is -2.27. The summed E-state index contributed by atoms with van der Waals surface area (Å²) < 4.78 is 5.40. The Morgan fingerprint density at radius 1 is 1.08 bits per heavy atom. The van der Waals surface area contributed by atoms with Crippen LogP contribution < -0.4 is 0 Å². The van der Waals surface area contributed by atoms with Crippen molar-refractivity contribution in [1.82, 2.24) is 4.90 Å². The second kappa shape index (κ2) is 7.65. The average Bonchev–Trinajstić information content (AvgIpc) is 2.41. The van der Waals surface area contributed by atoms with Crippen LogP contribution in [0.1, 0.15) is 25.7 Å². The molecule has 0 radical (unpaired) electrons. The lowest BCUT2D eigenvalue weighted by Gasteiger charge is -2.18. The molecule has 0 aromatic heterocycles. The lowest BCUT2D eigenvalue weighted by molar-refractivity contribution is 0.141. The Hall–Kier alpha value is 0.270. The summed E-state index contributed by atoms with van der Waals surface area (Å²) >= 11 is 4.20. The maximum Gasteiger partial charge on any atom is 0.0593 e. The highest BCUT2D eigenvalue weighted by Gasteiger charge is 2.07. The van der Waals surface area contributed by atoms with Gasteiger partial charge in [-0.1, -0.05) is 6.42 Å². The molecule has 78 valence electrons. The van der Waals surface area contributed by atoms with Crippen LogP contribution in [0.3, 0.4) is 0 Å². The van der Waals surface area contributed by atoms with Gasteiger partial charge < -0.3 is 9.64 Å². The molecule has 0 N–H and O–H groups in total. The van der Waals surface area contributed by atoms with E-state index in [9.17, 15) is 0 Å². The van der Waals surface area contributed by atoms with Gasteiger partial charge in [0.1, 0.15) is 0 Å². The Balaban J connectivity index is 1.98. The summed E-state index contributed by atoms with van der Waals surface area (Å²) in [5, 5.41) is 0. The number of rotatable bonds is 5. The molecular formula is C10H21NOS. The van der Waals surface area contributed by atoms with E-state index in [1.54, 1.807) is 0 Å². The van der Waals surface area contributed by atoms with E-state index >= 15 is 0 Å². The first kappa shape index (κ1) is 11.3. The minimum absolute atomic E-state index is 0.923. The molecule has 1 fully saturated rings. The summed E-state index contributed by atoms with van der Waals surface area (Å²) in [7, 11) is 0. The second-order valence-corrected chi connectivity index (χ2v) is 4.04. The third-order valence-electron chi connectivity index (χ3n) is 2.45. The fourth-order valence-electron chi connectivity index (χ4n) is 1.65. The molecule has 1 aliphatic rings. The van der Waals surface area contributed by atoms with Gasteiger partial charge in [0.15, 0.2) is 0 Å². The van der Waals surface area contributed by atoms with Crippen molar-refractivity contribution in [2.75, 3.05) is 38.6 Å². The first-order valence-electron chi connectivity index (χ1n) is 5.34. The summed E-state index contributed by atoms with van der Waals surface area (Å²) in [6.07, 6.45) is 5.10. The normalized spacial score (nSPS) is 20.1. The van der Waals surface area contributed by atoms with Crippen LogP contribution in [0.25, 0.3) is 0 Å². The fourth-order valence-corrected chi connectivity index (χ4v) is 1.87. The molecule has 0 amide bonds. The molecule has 0 aromatic rings. The third kappa shape index (κ3) is 5.55. The molecule has 0 aliphatic carbocycles. The fraction of sp³-hybridized carbons (Fsp3) is 1.00. The van der Waals surface area contributed by atoms with Crippen LogP contribution in [-0.2, 0) is 4.74 Å². The highest BCUT2D eigenvalue weighted by Crippen LogP contribution is 2.03. The van der Waals surface area contributed by atoms with Crippen molar-refractivity contribution in [2.45, 2.75) is 25.7 Å². The van der Waals surface area contributed by atoms with Gasteiger partial charge in [-0.25, -0.2) is 0 Å². The molecule has 2 nitrogen and oxygen atoms in total. The highest BCUT2D eigenvalue weighted by atomic mass is 32.1. The summed E-state index contributed by atoms with van der Waals surface area (Å²) in [6, 6.07) is 0. The van der Waals surface area contributed by atoms with Crippen LogP contribution in [0, 0.1) is 0 Å². The van der Waals surface area contributed by atoms with E-state index < -0.39 is 0 Å². The first-order chi connectivity index (χ1) is 6.43. The van der Waals surface area contributed by atoms with Gasteiger partial charge in [-0.15, -0.1) is 0 Å². The summed E-state index contributed by atoms with van der Waals surface area (Å²) in [6.45, 7) is 5.47. The molecule has 0 unspecified atom stereocenters. The van der Waals surface area contributed by atoms with Gasteiger partial charge in [-0.05, 0) is 31.6 Å². The molecule has 0 atom stereocenters. The van der Waals surface area contributed by atoms with Gasteiger partial charge >= 0.3 is 0 Å². The van der Waals surface area contributed by atoms with Crippen molar-refractivity contribution < 1.29 is 4.74 Å². The summed E-state index contributed by atoms with van der Waals surface area (Å²) in [4.78, 5) is 2.52. The Morgan fingerprint density at radius 3 is 2.85 bits per heavy atom. The quantitative estimate of drug-likeness (QED) is 0.540. The molecule has 0 aromatic carbocycles. The van der Waals surface area contributed by atoms with E-state index in [1.807, 2.05) is 0 Å². The van der Waals surface area contributed by atoms with Gasteiger partial charge in [0.05, 0.1) is 6.61 Å². The van der Waals surface area contributed by atoms with Gasteiger partial charge in [-0.3, -0.25) is 0 Å². The zero-order valence-corrected chi connectivity index (χ0v) is 9.27. The van der Waals surface area contributed by atoms with Gasteiger partial charge in [0.2, 0.25) is 0 Å². The second-order valence-electron chi connectivity index (χ2n) is 3.59. The van der Waals surface area contributed by atoms with Crippen LogP contribution in [0.4, 0.5) is 0 Å². The number of hydrogen-bond acceptors (Lipinski definition) is 3. The van der Waals surface area contributed by atoms with E-state index in [1.165, 1.54) is 38.8 Å². The molecule has 0 bridgehead atoms. The molecule has 0 saturated carbocycles. The number of nitrogens with zero attached hydrogens (tertiary/aromatic N) is 1. The highest BCUT2D eigenvalue weighted by molar-refractivity contribution is 7.80. The Bertz CT molecular complexity index is 113. The standard InChI is InChI=1S/C10H21NOS/c13-10-3-1-2-5-11-6-4-8-12-9-7-11/h13H,1-10H2. The van der Waals surface area contributed by atoms with E-state index in [0.29, 0.717) is 0 Å². The zero-order chi connectivity index (χ0) is 9.36. The van der Waals surface area contributed by atoms with Gasteiger partial charge in [0.25, 0.3) is 0 Å². The Labute approximate surface area is 87.0 Å². The van der Waals surface area contributed by atoms with Crippen molar-refractivity contribution in [3.63, 3.8) is 0 Å². The van der Waals surface area contributed by atoms with Crippen molar-refractivity contribution in [1.29, 1.82) is 0 Å². The van der Waals surface area contributed by atoms with E-state index in [4.69, 9.17) is 4.74 Å². The molecule has 1 rings (SSSR count). The van der Waals surface area contributed by atoms with E-state index in [0.717, 1.165) is 25.5 Å². The predicted molar refractivity (Wildman–Crippen MR) is 59.6 cm³/mol. The minimum Gasteiger partial charge on any atom is -0.380 e. The molecule has 1 aliphatic heterocycles. The molecule has 1 saturated heterocycles. The molecular weight excluding hydrogens is 182 g/mol. The van der Waals surface area contributed by atoms with Crippen LogP contribution in [0.2, 0.25) is 0 Å². The Morgan fingerprint density at radius 2 is 2.00 bits per heavy atom. The SMILES string of the molecule is SCCCCCN1CCCOCC1. The molecule has 1 heterocycles. The molecule has 3 heteroatoms. The maximum atomic E-state index is 5.40. The van der Waals surface area contributed by atoms with Gasteiger partial charge in [-0.2, -0.15) is 12.6 Å². The Kier molecular flexibility index (Phi) is 6.68. The maximum absolute atomic E-state index is 5.40. The van der Waals surface area contributed by atoms with Crippen LogP contribution in [-0.4, -0.2) is 43.5 Å². The largest absolute Gasteiger partial charge is 0.380 e. The van der Waals surface area contributed by atoms with Gasteiger partial charge in [0, 0.05) is 19.7 Å². The minimum atomic E-state index is 0.923. The molecule has 13 heavy (non-hydrogen) atoms. The zero-order valence-electron chi connectivity index (χ0n) is 8.37. The van der Waals surface area contributed by atoms with Crippen molar-refractivity contribution in [2.24, 2.45) is 0 Å². The monoisotopic (exact) mass is 203 g/mol. The third-order valence-corrected chi connectivity index (χ3v) is 2.76. The summed E-state index contributed by atoms with van der Waals surface area (Å²) in [5.74, 6) is 1.03. The first-order valence-corrected chi connectivity index (χ1v) is 5.97. The summed E-state index contributed by atoms with van der Waals surface area (Å²) in [5.41, 5.74) is 0. The number of unbranched alkanes of at least 4 members (excludes halogenated alkanes) is 2. The predicted octanol–water partition coefficient (Wildman–Crippen LogP) is 1.81. The average molecular weight is 203 g/mol. The van der Waals surface area contributed by atoms with Crippen LogP contribution in [0.5, 0.6) is 0 Å². The van der Waals surface area contributed by atoms with Crippen LogP contribution >= 0.6 is 12.6 Å². The van der Waals surface area contributed by atoms with Crippen molar-refractivity contribution >= 4 is 12.6 Å². The van der Waals surface area contributed by atoms with E-state index in [2.05, 4.69) is 17.5 Å². The topological polar surface area (TPSA) is 12.5 Å².